The third kappa shape index (κ3) is 3.22. The van der Waals surface area contributed by atoms with Crippen molar-refractivity contribution in [3.8, 4) is 0 Å². The number of furan rings is 1. The number of hydrogen-bond donors (Lipinski definition) is 1. The van der Waals surface area contributed by atoms with Crippen molar-refractivity contribution in [3.63, 3.8) is 0 Å². The van der Waals surface area contributed by atoms with Gasteiger partial charge in [-0.15, -0.1) is 0 Å². The Kier molecular flexibility index (Phi) is 4.18. The van der Waals surface area contributed by atoms with Crippen LogP contribution in [0.1, 0.15) is 22.6 Å². The van der Waals surface area contributed by atoms with Crippen LogP contribution in [0.5, 0.6) is 0 Å². The van der Waals surface area contributed by atoms with Crippen LogP contribution in [0.15, 0.2) is 40.8 Å². The number of rotatable bonds is 5. The van der Waals surface area contributed by atoms with Gasteiger partial charge >= 0.3 is 0 Å². The summed E-state index contributed by atoms with van der Waals surface area (Å²) < 4.78 is 5.56. The molecule has 0 aliphatic rings. The summed E-state index contributed by atoms with van der Waals surface area (Å²) in [5, 5.41) is 0. The number of benzene rings is 1. The van der Waals surface area contributed by atoms with Crippen LogP contribution < -0.4 is 5.73 Å². The fourth-order valence-electron chi connectivity index (χ4n) is 2.09. The Morgan fingerprint density at radius 2 is 1.89 bits per heavy atom. The van der Waals surface area contributed by atoms with E-state index in [1.54, 1.807) is 0 Å². The van der Waals surface area contributed by atoms with E-state index in [-0.39, 0.29) is 0 Å². The first-order chi connectivity index (χ1) is 8.69. The van der Waals surface area contributed by atoms with Gasteiger partial charge < -0.3 is 10.2 Å². The van der Waals surface area contributed by atoms with Crippen molar-refractivity contribution in [2.45, 2.75) is 26.6 Å². The first-order valence-corrected chi connectivity index (χ1v) is 6.19. The molecular weight excluding hydrogens is 224 g/mol. The lowest BCUT2D eigenvalue weighted by atomic mass is 10.2. The molecule has 1 aromatic heterocycles. The molecule has 0 saturated carbocycles. The molecule has 0 unspecified atom stereocenters. The Balaban J connectivity index is 1.98. The molecule has 2 aromatic rings. The van der Waals surface area contributed by atoms with Crippen molar-refractivity contribution in [1.82, 2.24) is 4.90 Å². The maximum atomic E-state index is 5.58. The predicted octanol–water partition coefficient (Wildman–Crippen LogP) is 2.68. The molecule has 96 valence electrons. The monoisotopic (exact) mass is 244 g/mol. The quantitative estimate of drug-likeness (QED) is 0.879. The van der Waals surface area contributed by atoms with Crippen molar-refractivity contribution in [2.75, 3.05) is 7.05 Å². The highest BCUT2D eigenvalue weighted by Gasteiger charge is 2.09. The first-order valence-electron chi connectivity index (χ1n) is 6.19. The summed E-state index contributed by atoms with van der Waals surface area (Å²) >= 11 is 0. The zero-order valence-electron chi connectivity index (χ0n) is 11.0. The lowest BCUT2D eigenvalue weighted by Crippen LogP contribution is -2.17. The van der Waals surface area contributed by atoms with Gasteiger partial charge in [-0.25, -0.2) is 0 Å². The maximum Gasteiger partial charge on any atom is 0.118 e. The zero-order chi connectivity index (χ0) is 13.0. The van der Waals surface area contributed by atoms with E-state index in [0.29, 0.717) is 6.54 Å². The SMILES string of the molecule is Cc1oc(CN)cc1CN(C)Cc1ccccc1. The Labute approximate surface area is 108 Å². The fourth-order valence-corrected chi connectivity index (χ4v) is 2.09. The van der Waals surface area contributed by atoms with Gasteiger partial charge in [-0.05, 0) is 25.6 Å². The van der Waals surface area contributed by atoms with E-state index in [1.807, 2.05) is 13.0 Å². The molecule has 1 aromatic carbocycles. The molecule has 0 bridgehead atoms. The summed E-state index contributed by atoms with van der Waals surface area (Å²) in [5.41, 5.74) is 8.12. The van der Waals surface area contributed by atoms with E-state index >= 15 is 0 Å². The molecule has 0 atom stereocenters. The van der Waals surface area contributed by atoms with Crippen LogP contribution in [0.3, 0.4) is 0 Å². The molecule has 2 N–H and O–H groups in total. The van der Waals surface area contributed by atoms with Gasteiger partial charge in [0.05, 0.1) is 6.54 Å². The lowest BCUT2D eigenvalue weighted by Gasteiger charge is -2.16. The highest BCUT2D eigenvalue weighted by atomic mass is 16.3. The predicted molar refractivity (Wildman–Crippen MR) is 72.9 cm³/mol. The Hall–Kier alpha value is -1.58. The number of nitrogens with two attached hydrogens (primary N) is 1. The molecule has 0 saturated heterocycles. The second-order valence-electron chi connectivity index (χ2n) is 4.66. The molecule has 18 heavy (non-hydrogen) atoms. The van der Waals surface area contributed by atoms with Gasteiger partial charge in [0.25, 0.3) is 0 Å². The van der Waals surface area contributed by atoms with Gasteiger partial charge in [0.15, 0.2) is 0 Å². The van der Waals surface area contributed by atoms with Crippen LogP contribution >= 0.6 is 0 Å². The number of aryl methyl sites for hydroxylation is 1. The molecule has 0 amide bonds. The van der Waals surface area contributed by atoms with Crippen LogP contribution in [0.4, 0.5) is 0 Å². The molecule has 0 aliphatic carbocycles. The van der Waals surface area contributed by atoms with Crippen LogP contribution in [-0.4, -0.2) is 11.9 Å². The Morgan fingerprint density at radius 1 is 1.17 bits per heavy atom. The summed E-state index contributed by atoms with van der Waals surface area (Å²) in [4.78, 5) is 2.27. The van der Waals surface area contributed by atoms with Gasteiger partial charge in [-0.3, -0.25) is 4.90 Å². The highest BCUT2D eigenvalue weighted by Crippen LogP contribution is 2.16. The van der Waals surface area contributed by atoms with Gasteiger partial charge in [0, 0.05) is 18.7 Å². The van der Waals surface area contributed by atoms with Crippen LogP contribution in [0.25, 0.3) is 0 Å². The van der Waals surface area contributed by atoms with Crippen molar-refractivity contribution in [2.24, 2.45) is 5.73 Å². The van der Waals surface area contributed by atoms with Crippen molar-refractivity contribution < 1.29 is 4.42 Å². The minimum atomic E-state index is 0.462. The van der Waals surface area contributed by atoms with Crippen molar-refractivity contribution in [1.29, 1.82) is 0 Å². The van der Waals surface area contributed by atoms with Gasteiger partial charge in [-0.2, -0.15) is 0 Å². The van der Waals surface area contributed by atoms with Crippen LogP contribution in [-0.2, 0) is 19.6 Å². The van der Waals surface area contributed by atoms with Gasteiger partial charge in [0.1, 0.15) is 11.5 Å². The summed E-state index contributed by atoms with van der Waals surface area (Å²) in [6, 6.07) is 12.5. The molecule has 0 aliphatic heterocycles. The van der Waals surface area contributed by atoms with Crippen molar-refractivity contribution in [3.05, 3.63) is 59.0 Å². The van der Waals surface area contributed by atoms with E-state index in [2.05, 4.69) is 42.3 Å². The summed E-state index contributed by atoms with van der Waals surface area (Å²) in [5.74, 6) is 1.82. The van der Waals surface area contributed by atoms with Gasteiger partial charge in [0.2, 0.25) is 0 Å². The zero-order valence-corrected chi connectivity index (χ0v) is 11.0. The molecule has 0 fully saturated rings. The van der Waals surface area contributed by atoms with Crippen LogP contribution in [0, 0.1) is 6.92 Å². The molecule has 3 heteroatoms. The Bertz CT molecular complexity index is 490. The second-order valence-corrected chi connectivity index (χ2v) is 4.66. The minimum absolute atomic E-state index is 0.462. The second kappa shape index (κ2) is 5.85. The standard InChI is InChI=1S/C15H20N2O/c1-12-14(8-15(9-16)18-12)11-17(2)10-13-6-4-3-5-7-13/h3-8H,9-11,16H2,1-2H3. The van der Waals surface area contributed by atoms with E-state index in [4.69, 9.17) is 10.2 Å². The highest BCUT2D eigenvalue weighted by molar-refractivity contribution is 5.21. The number of nitrogens with zero attached hydrogens (tertiary/aromatic N) is 1. The summed E-state index contributed by atoms with van der Waals surface area (Å²) in [7, 11) is 2.11. The summed E-state index contributed by atoms with van der Waals surface area (Å²) in [6.45, 7) is 4.27. The fraction of sp³-hybridized carbons (Fsp3) is 0.333. The van der Waals surface area contributed by atoms with E-state index in [0.717, 1.165) is 24.6 Å². The van der Waals surface area contributed by atoms with E-state index < -0.39 is 0 Å². The number of hydrogen-bond acceptors (Lipinski definition) is 3. The Morgan fingerprint density at radius 3 is 2.50 bits per heavy atom. The third-order valence-corrected chi connectivity index (χ3v) is 3.01. The van der Waals surface area contributed by atoms with Gasteiger partial charge in [-0.1, -0.05) is 30.3 Å². The molecular formula is C15H20N2O. The third-order valence-electron chi connectivity index (χ3n) is 3.01. The molecule has 2 rings (SSSR count). The smallest absolute Gasteiger partial charge is 0.118 e. The normalized spacial score (nSPS) is 11.1. The molecule has 3 nitrogen and oxygen atoms in total. The topological polar surface area (TPSA) is 42.4 Å². The lowest BCUT2D eigenvalue weighted by molar-refractivity contribution is 0.316. The van der Waals surface area contributed by atoms with Crippen LogP contribution in [0.2, 0.25) is 0 Å². The summed E-state index contributed by atoms with van der Waals surface area (Å²) in [6.07, 6.45) is 0. The van der Waals surface area contributed by atoms with E-state index in [1.165, 1.54) is 11.1 Å². The van der Waals surface area contributed by atoms with Crippen molar-refractivity contribution >= 4 is 0 Å². The minimum Gasteiger partial charge on any atom is -0.465 e. The van der Waals surface area contributed by atoms with E-state index in [9.17, 15) is 0 Å². The molecule has 0 radical (unpaired) electrons. The largest absolute Gasteiger partial charge is 0.465 e. The first kappa shape index (κ1) is 12.9. The average molecular weight is 244 g/mol. The average Bonchev–Trinajstić information content (AvgIpc) is 2.71. The molecule has 0 spiro atoms. The maximum absolute atomic E-state index is 5.58. The molecule has 1 heterocycles.